The Kier molecular flexibility index (Phi) is 5.25. The highest BCUT2D eigenvalue weighted by Crippen LogP contribution is 2.20. The van der Waals surface area contributed by atoms with Gasteiger partial charge >= 0.3 is 0 Å². The zero-order valence-corrected chi connectivity index (χ0v) is 13.4. The predicted octanol–water partition coefficient (Wildman–Crippen LogP) is 2.59. The number of likely N-dealkylation sites (N-methyl/N-ethyl adjacent to an activating group) is 1. The molecule has 1 N–H and O–H groups in total. The van der Waals surface area contributed by atoms with E-state index >= 15 is 0 Å². The lowest BCUT2D eigenvalue weighted by molar-refractivity contribution is 0.444. The highest BCUT2D eigenvalue weighted by atomic mass is 32.1. The maximum absolute atomic E-state index is 4.60. The van der Waals surface area contributed by atoms with Crippen molar-refractivity contribution in [2.45, 2.75) is 46.7 Å². The predicted molar refractivity (Wildman–Crippen MR) is 81.8 cm³/mol. The smallest absolute Gasteiger partial charge is 0.138 e. The van der Waals surface area contributed by atoms with Gasteiger partial charge in [-0.2, -0.15) is 5.10 Å². The molecule has 0 radical (unpaired) electrons. The van der Waals surface area contributed by atoms with Gasteiger partial charge in [0.05, 0.1) is 16.7 Å². The van der Waals surface area contributed by atoms with Crippen molar-refractivity contribution in [3.8, 4) is 0 Å². The van der Waals surface area contributed by atoms with Gasteiger partial charge < -0.3 is 5.32 Å². The van der Waals surface area contributed by atoms with E-state index in [-0.39, 0.29) is 6.04 Å². The first-order valence-corrected chi connectivity index (χ1v) is 8.00. The highest BCUT2D eigenvalue weighted by molar-refractivity contribution is 7.09. The molecule has 5 nitrogen and oxygen atoms in total. The summed E-state index contributed by atoms with van der Waals surface area (Å²) in [5.41, 5.74) is 1.11. The van der Waals surface area contributed by atoms with Gasteiger partial charge in [-0.1, -0.05) is 20.8 Å². The summed E-state index contributed by atoms with van der Waals surface area (Å²) < 4.78 is 2.01. The molecule has 0 saturated carbocycles. The Balaban J connectivity index is 2.14. The number of aromatic nitrogens is 4. The maximum Gasteiger partial charge on any atom is 0.138 e. The molecule has 1 unspecified atom stereocenters. The average Bonchev–Trinajstić information content (AvgIpc) is 2.98. The number of thiazole rings is 1. The van der Waals surface area contributed by atoms with Gasteiger partial charge in [0.15, 0.2) is 0 Å². The van der Waals surface area contributed by atoms with Gasteiger partial charge in [-0.3, -0.25) is 0 Å². The summed E-state index contributed by atoms with van der Waals surface area (Å²) in [5, 5.41) is 11.1. The summed E-state index contributed by atoms with van der Waals surface area (Å²) in [7, 11) is 0. The summed E-state index contributed by atoms with van der Waals surface area (Å²) >= 11 is 1.69. The van der Waals surface area contributed by atoms with Crippen LogP contribution < -0.4 is 5.32 Å². The summed E-state index contributed by atoms with van der Waals surface area (Å²) in [6, 6.07) is 0.208. The minimum absolute atomic E-state index is 0.208. The Morgan fingerprint density at radius 1 is 1.40 bits per heavy atom. The molecule has 0 aliphatic carbocycles. The molecule has 0 fully saturated rings. The molecule has 0 aliphatic heterocycles. The monoisotopic (exact) mass is 293 g/mol. The van der Waals surface area contributed by atoms with Gasteiger partial charge in [-0.15, -0.1) is 11.3 Å². The van der Waals surface area contributed by atoms with Crippen molar-refractivity contribution in [1.82, 2.24) is 25.1 Å². The van der Waals surface area contributed by atoms with Crippen LogP contribution in [0.2, 0.25) is 0 Å². The van der Waals surface area contributed by atoms with Crippen LogP contribution in [0.15, 0.2) is 11.7 Å². The first-order valence-electron chi connectivity index (χ1n) is 7.12. The minimum atomic E-state index is 0.208. The van der Waals surface area contributed by atoms with Gasteiger partial charge in [0.25, 0.3) is 0 Å². The number of hydrogen-bond donors (Lipinski definition) is 1. The highest BCUT2D eigenvalue weighted by Gasteiger charge is 2.17. The van der Waals surface area contributed by atoms with Crippen molar-refractivity contribution >= 4 is 11.3 Å². The second kappa shape index (κ2) is 6.95. The fourth-order valence-electron chi connectivity index (χ4n) is 2.20. The Morgan fingerprint density at radius 3 is 2.80 bits per heavy atom. The van der Waals surface area contributed by atoms with Crippen LogP contribution >= 0.6 is 11.3 Å². The van der Waals surface area contributed by atoms with Crippen LogP contribution in [0.25, 0.3) is 0 Å². The molecule has 2 rings (SSSR count). The molecule has 0 aliphatic rings. The van der Waals surface area contributed by atoms with E-state index in [2.05, 4.69) is 46.5 Å². The molecular formula is C14H23N5S. The Morgan fingerprint density at radius 2 is 2.20 bits per heavy atom. The van der Waals surface area contributed by atoms with Crippen LogP contribution in [0, 0.1) is 12.8 Å². The number of aryl methyl sites for hydroxylation is 1. The molecule has 2 aromatic heterocycles. The molecule has 20 heavy (non-hydrogen) atoms. The first-order chi connectivity index (χ1) is 9.60. The van der Waals surface area contributed by atoms with E-state index in [1.54, 1.807) is 17.7 Å². The average molecular weight is 293 g/mol. The van der Waals surface area contributed by atoms with Crippen LogP contribution in [0.5, 0.6) is 0 Å². The quantitative estimate of drug-likeness (QED) is 0.852. The first kappa shape index (κ1) is 15.1. The molecule has 0 spiro atoms. The zero-order valence-electron chi connectivity index (χ0n) is 12.6. The Bertz CT molecular complexity index is 531. The lowest BCUT2D eigenvalue weighted by Gasteiger charge is -2.16. The molecular weight excluding hydrogens is 270 g/mol. The normalized spacial score (nSPS) is 13.1. The molecule has 2 heterocycles. The third kappa shape index (κ3) is 3.86. The lowest BCUT2D eigenvalue weighted by Crippen LogP contribution is -2.25. The van der Waals surface area contributed by atoms with E-state index < -0.39 is 0 Å². The van der Waals surface area contributed by atoms with Crippen molar-refractivity contribution in [2.75, 3.05) is 6.54 Å². The van der Waals surface area contributed by atoms with Crippen LogP contribution in [-0.2, 0) is 13.0 Å². The number of nitrogens with zero attached hydrogens (tertiary/aromatic N) is 4. The van der Waals surface area contributed by atoms with Crippen molar-refractivity contribution in [3.05, 3.63) is 28.2 Å². The molecule has 110 valence electrons. The summed E-state index contributed by atoms with van der Waals surface area (Å²) in [5.74, 6) is 1.59. The third-order valence-electron chi connectivity index (χ3n) is 3.06. The fourth-order valence-corrected chi connectivity index (χ4v) is 2.86. The molecule has 0 amide bonds. The van der Waals surface area contributed by atoms with Gasteiger partial charge in [-0.05, 0) is 19.4 Å². The summed E-state index contributed by atoms with van der Waals surface area (Å²) in [6.45, 7) is 10.4. The van der Waals surface area contributed by atoms with Crippen molar-refractivity contribution in [3.63, 3.8) is 0 Å². The molecule has 0 aromatic carbocycles. The van der Waals surface area contributed by atoms with E-state index in [9.17, 15) is 0 Å². The second-order valence-electron chi connectivity index (χ2n) is 5.36. The van der Waals surface area contributed by atoms with E-state index in [0.29, 0.717) is 5.92 Å². The molecule has 0 bridgehead atoms. The molecule has 1 atom stereocenters. The van der Waals surface area contributed by atoms with Crippen LogP contribution in [0.4, 0.5) is 0 Å². The second-order valence-corrected chi connectivity index (χ2v) is 6.42. The minimum Gasteiger partial charge on any atom is -0.309 e. The van der Waals surface area contributed by atoms with Crippen molar-refractivity contribution < 1.29 is 0 Å². The molecule has 6 heteroatoms. The molecule has 0 saturated heterocycles. The zero-order chi connectivity index (χ0) is 14.5. The van der Waals surface area contributed by atoms with E-state index in [1.165, 1.54) is 0 Å². The van der Waals surface area contributed by atoms with E-state index in [4.69, 9.17) is 0 Å². The Hall–Kier alpha value is -1.27. The SMILES string of the molecule is CCNC(Cc1ncnn1CC(C)C)c1csc(C)n1. The maximum atomic E-state index is 4.60. The standard InChI is InChI=1S/C14H23N5S/c1-5-15-12(13-8-20-11(4)18-13)6-14-16-9-17-19(14)7-10(2)3/h8-10,12,15H,5-7H2,1-4H3. The van der Waals surface area contributed by atoms with Gasteiger partial charge in [0, 0.05) is 18.3 Å². The van der Waals surface area contributed by atoms with Crippen molar-refractivity contribution in [1.29, 1.82) is 0 Å². The summed E-state index contributed by atoms with van der Waals surface area (Å²) in [6.07, 6.45) is 2.47. The largest absolute Gasteiger partial charge is 0.309 e. The van der Waals surface area contributed by atoms with Crippen LogP contribution in [0.3, 0.4) is 0 Å². The van der Waals surface area contributed by atoms with Gasteiger partial charge in [-0.25, -0.2) is 14.6 Å². The topological polar surface area (TPSA) is 55.6 Å². The van der Waals surface area contributed by atoms with Crippen LogP contribution in [-0.4, -0.2) is 26.3 Å². The number of rotatable bonds is 7. The molecule has 2 aromatic rings. The van der Waals surface area contributed by atoms with E-state index in [0.717, 1.165) is 36.0 Å². The van der Waals surface area contributed by atoms with Crippen molar-refractivity contribution in [2.24, 2.45) is 5.92 Å². The van der Waals surface area contributed by atoms with Gasteiger partial charge in [0.2, 0.25) is 0 Å². The summed E-state index contributed by atoms with van der Waals surface area (Å²) in [4.78, 5) is 9.01. The number of nitrogens with one attached hydrogen (secondary N) is 1. The van der Waals surface area contributed by atoms with E-state index in [1.807, 2.05) is 11.6 Å². The third-order valence-corrected chi connectivity index (χ3v) is 3.86. The van der Waals surface area contributed by atoms with Gasteiger partial charge in [0.1, 0.15) is 12.2 Å². The Labute approximate surface area is 124 Å². The van der Waals surface area contributed by atoms with Crippen LogP contribution in [0.1, 0.15) is 43.3 Å². The fraction of sp³-hybridized carbons (Fsp3) is 0.643. The lowest BCUT2D eigenvalue weighted by atomic mass is 10.1. The number of hydrogen-bond acceptors (Lipinski definition) is 5.